The van der Waals surface area contributed by atoms with Gasteiger partial charge in [-0.2, -0.15) is 0 Å². The fourth-order valence-electron chi connectivity index (χ4n) is 2.30. The standard InChI is InChI=1S/C17H12ClNO5/c18-15-13-7-6-12(19(21)22)10-14(13)16(20)24-17(15)23-9-8-11-4-2-1-3-5-11/h1-7,10H,8-9H2. The minimum Gasteiger partial charge on any atom is -0.464 e. The van der Waals surface area contributed by atoms with E-state index in [-0.39, 0.29) is 28.6 Å². The van der Waals surface area contributed by atoms with Crippen molar-refractivity contribution in [3.63, 3.8) is 0 Å². The molecule has 0 amide bonds. The molecule has 24 heavy (non-hydrogen) atoms. The third kappa shape index (κ3) is 3.23. The van der Waals surface area contributed by atoms with E-state index in [2.05, 4.69) is 0 Å². The van der Waals surface area contributed by atoms with Crippen LogP contribution in [0.25, 0.3) is 10.8 Å². The van der Waals surface area contributed by atoms with Gasteiger partial charge in [0.1, 0.15) is 5.02 Å². The fourth-order valence-corrected chi connectivity index (χ4v) is 2.56. The van der Waals surface area contributed by atoms with Gasteiger partial charge in [-0.1, -0.05) is 41.9 Å². The Hall–Kier alpha value is -2.86. The molecule has 1 aromatic heterocycles. The Morgan fingerprint density at radius 1 is 1.12 bits per heavy atom. The van der Waals surface area contributed by atoms with Crippen LogP contribution < -0.4 is 10.4 Å². The molecular weight excluding hydrogens is 334 g/mol. The highest BCUT2D eigenvalue weighted by Gasteiger charge is 2.16. The summed E-state index contributed by atoms with van der Waals surface area (Å²) in [4.78, 5) is 22.2. The van der Waals surface area contributed by atoms with Crippen molar-refractivity contribution in [3.05, 3.63) is 79.7 Å². The van der Waals surface area contributed by atoms with Crippen LogP contribution in [0.2, 0.25) is 5.02 Å². The van der Waals surface area contributed by atoms with Crippen LogP contribution in [-0.2, 0) is 6.42 Å². The predicted molar refractivity (Wildman–Crippen MR) is 89.8 cm³/mol. The van der Waals surface area contributed by atoms with E-state index < -0.39 is 10.5 Å². The van der Waals surface area contributed by atoms with Crippen LogP contribution in [0.5, 0.6) is 5.95 Å². The molecule has 0 spiro atoms. The SMILES string of the molecule is O=c1oc(OCCc2ccccc2)c(Cl)c2ccc([N+](=O)[O-])cc12. The van der Waals surface area contributed by atoms with E-state index in [1.807, 2.05) is 30.3 Å². The van der Waals surface area contributed by atoms with Gasteiger partial charge >= 0.3 is 11.6 Å². The summed E-state index contributed by atoms with van der Waals surface area (Å²) in [6, 6.07) is 13.5. The van der Waals surface area contributed by atoms with E-state index in [4.69, 9.17) is 20.8 Å². The lowest BCUT2D eigenvalue weighted by atomic mass is 10.1. The number of hydrogen-bond acceptors (Lipinski definition) is 5. The van der Waals surface area contributed by atoms with Gasteiger partial charge in [-0.15, -0.1) is 0 Å². The number of non-ortho nitro benzene ring substituents is 1. The molecule has 0 bridgehead atoms. The van der Waals surface area contributed by atoms with E-state index in [0.29, 0.717) is 11.8 Å². The van der Waals surface area contributed by atoms with Gasteiger partial charge in [0.25, 0.3) is 5.69 Å². The number of fused-ring (bicyclic) bond motifs is 1. The maximum absolute atomic E-state index is 12.0. The molecule has 0 aliphatic rings. The van der Waals surface area contributed by atoms with Crippen LogP contribution in [0.15, 0.2) is 57.7 Å². The second-order valence-electron chi connectivity index (χ2n) is 5.06. The second-order valence-corrected chi connectivity index (χ2v) is 5.44. The zero-order valence-electron chi connectivity index (χ0n) is 12.4. The van der Waals surface area contributed by atoms with Crippen LogP contribution in [0.3, 0.4) is 0 Å². The van der Waals surface area contributed by atoms with E-state index in [0.717, 1.165) is 11.6 Å². The first-order valence-corrected chi connectivity index (χ1v) is 7.51. The van der Waals surface area contributed by atoms with Gasteiger partial charge in [0.05, 0.1) is 16.9 Å². The molecule has 0 unspecified atom stereocenters. The molecule has 3 aromatic rings. The van der Waals surface area contributed by atoms with Crippen molar-refractivity contribution < 1.29 is 14.1 Å². The molecule has 122 valence electrons. The molecule has 0 radical (unpaired) electrons. The highest BCUT2D eigenvalue weighted by molar-refractivity contribution is 6.36. The van der Waals surface area contributed by atoms with Gasteiger partial charge in [-0.25, -0.2) is 4.79 Å². The molecule has 0 fully saturated rings. The summed E-state index contributed by atoms with van der Waals surface area (Å²) < 4.78 is 10.5. The van der Waals surface area contributed by atoms with Crippen molar-refractivity contribution in [2.24, 2.45) is 0 Å². The minimum absolute atomic E-state index is 0.0459. The maximum Gasteiger partial charge on any atom is 0.346 e. The quantitative estimate of drug-likeness (QED) is 0.516. The fraction of sp³-hybridized carbons (Fsp3) is 0.118. The van der Waals surface area contributed by atoms with Crippen LogP contribution >= 0.6 is 11.6 Å². The molecule has 0 N–H and O–H groups in total. The number of nitro benzene ring substituents is 1. The van der Waals surface area contributed by atoms with Gasteiger partial charge in [0.15, 0.2) is 0 Å². The van der Waals surface area contributed by atoms with E-state index >= 15 is 0 Å². The first-order chi connectivity index (χ1) is 11.6. The summed E-state index contributed by atoms with van der Waals surface area (Å²) in [6.07, 6.45) is 0.624. The van der Waals surface area contributed by atoms with Crippen LogP contribution in [-0.4, -0.2) is 11.5 Å². The van der Waals surface area contributed by atoms with Gasteiger partial charge in [-0.05, 0) is 11.6 Å². The molecular formula is C17H12ClNO5. The molecule has 0 aliphatic heterocycles. The topological polar surface area (TPSA) is 82.6 Å². The van der Waals surface area contributed by atoms with E-state index in [1.54, 1.807) is 0 Å². The summed E-state index contributed by atoms with van der Waals surface area (Å²) in [5, 5.41) is 11.3. The molecule has 0 aliphatic carbocycles. The van der Waals surface area contributed by atoms with E-state index in [1.165, 1.54) is 12.1 Å². The normalized spacial score (nSPS) is 10.7. The van der Waals surface area contributed by atoms with Gasteiger partial charge in [0.2, 0.25) is 0 Å². The zero-order valence-corrected chi connectivity index (χ0v) is 13.2. The average molecular weight is 346 g/mol. The number of hydrogen-bond donors (Lipinski definition) is 0. The first-order valence-electron chi connectivity index (χ1n) is 7.14. The first kappa shape index (κ1) is 16.0. The summed E-state index contributed by atoms with van der Waals surface area (Å²) in [5.41, 5.74) is 0.142. The van der Waals surface area contributed by atoms with Crippen LogP contribution in [0, 0.1) is 10.1 Å². The maximum atomic E-state index is 12.0. The summed E-state index contributed by atoms with van der Waals surface area (Å²) in [6.45, 7) is 0.283. The third-order valence-corrected chi connectivity index (χ3v) is 3.86. The van der Waals surface area contributed by atoms with E-state index in [9.17, 15) is 14.9 Å². The number of nitro groups is 1. The average Bonchev–Trinajstić information content (AvgIpc) is 2.59. The number of benzene rings is 2. The lowest BCUT2D eigenvalue weighted by Crippen LogP contribution is -2.07. The molecule has 0 atom stereocenters. The van der Waals surface area contributed by atoms with Crippen molar-refractivity contribution in [1.29, 1.82) is 0 Å². The Bertz CT molecular complexity index is 952. The summed E-state index contributed by atoms with van der Waals surface area (Å²) in [5.74, 6) is -0.0843. The minimum atomic E-state index is -0.729. The molecule has 0 saturated heterocycles. The van der Waals surface area contributed by atoms with Crippen molar-refractivity contribution in [2.45, 2.75) is 6.42 Å². The van der Waals surface area contributed by atoms with Crippen LogP contribution in [0.1, 0.15) is 5.56 Å². The monoisotopic (exact) mass is 345 g/mol. The molecule has 2 aromatic carbocycles. The summed E-state index contributed by atoms with van der Waals surface area (Å²) >= 11 is 6.20. The molecule has 0 saturated carbocycles. The van der Waals surface area contributed by atoms with Gasteiger partial charge in [-0.3, -0.25) is 10.1 Å². The van der Waals surface area contributed by atoms with Crippen molar-refractivity contribution in [3.8, 4) is 5.95 Å². The Morgan fingerprint density at radius 2 is 1.88 bits per heavy atom. The third-order valence-electron chi connectivity index (χ3n) is 3.50. The van der Waals surface area contributed by atoms with Crippen molar-refractivity contribution in [1.82, 2.24) is 0 Å². The highest BCUT2D eigenvalue weighted by Crippen LogP contribution is 2.32. The van der Waals surface area contributed by atoms with Crippen LogP contribution in [0.4, 0.5) is 5.69 Å². The molecule has 1 heterocycles. The Kier molecular flexibility index (Phi) is 4.48. The zero-order chi connectivity index (χ0) is 17.1. The number of halogens is 1. The molecule has 7 heteroatoms. The van der Waals surface area contributed by atoms with Crippen molar-refractivity contribution >= 4 is 28.1 Å². The molecule has 6 nitrogen and oxygen atoms in total. The number of ether oxygens (including phenoxy) is 1. The number of nitrogens with zero attached hydrogens (tertiary/aromatic N) is 1. The largest absolute Gasteiger partial charge is 0.464 e. The number of rotatable bonds is 5. The smallest absolute Gasteiger partial charge is 0.346 e. The lowest BCUT2D eigenvalue weighted by molar-refractivity contribution is -0.384. The molecule has 3 rings (SSSR count). The Balaban J connectivity index is 1.87. The Morgan fingerprint density at radius 3 is 2.58 bits per heavy atom. The Labute approximate surface area is 141 Å². The predicted octanol–water partition coefficient (Wildman–Crippen LogP) is 3.98. The van der Waals surface area contributed by atoms with Gasteiger partial charge in [0, 0.05) is 23.9 Å². The second kappa shape index (κ2) is 6.72. The summed E-state index contributed by atoms with van der Waals surface area (Å²) in [7, 11) is 0. The van der Waals surface area contributed by atoms with Crippen molar-refractivity contribution in [2.75, 3.05) is 6.61 Å². The lowest BCUT2D eigenvalue weighted by Gasteiger charge is -2.08. The van der Waals surface area contributed by atoms with Gasteiger partial charge < -0.3 is 9.15 Å². The highest BCUT2D eigenvalue weighted by atomic mass is 35.5.